The summed E-state index contributed by atoms with van der Waals surface area (Å²) in [6.45, 7) is 4.45. The standard InChI is InChI=1S/C25H30N6O/c1-2-26-24(28-19-25(12-13-25)21-9-4-3-5-10-21)27-17-20-8-6-11-22(16-20)30-23(32)18-31-15-7-14-29-31/h3-11,14-16H,2,12-13,17-19H2,1H3,(H,30,32)(H2,26,27,28). The lowest BCUT2D eigenvalue weighted by Crippen LogP contribution is -2.41. The Morgan fingerprint density at radius 3 is 2.66 bits per heavy atom. The van der Waals surface area contributed by atoms with E-state index in [2.05, 4.69) is 58.3 Å². The molecule has 1 aliphatic carbocycles. The first-order chi connectivity index (χ1) is 15.7. The molecule has 0 radical (unpaired) electrons. The number of rotatable bonds is 9. The van der Waals surface area contributed by atoms with Gasteiger partial charge < -0.3 is 16.0 Å². The van der Waals surface area contributed by atoms with Crippen LogP contribution in [0.4, 0.5) is 5.69 Å². The van der Waals surface area contributed by atoms with Gasteiger partial charge in [0.25, 0.3) is 0 Å². The Bertz CT molecular complexity index is 1040. The Balaban J connectivity index is 1.35. The average Bonchev–Trinajstić information content (AvgIpc) is 3.44. The third-order valence-electron chi connectivity index (χ3n) is 5.67. The van der Waals surface area contributed by atoms with E-state index in [0.29, 0.717) is 6.54 Å². The van der Waals surface area contributed by atoms with Crippen molar-refractivity contribution in [1.29, 1.82) is 0 Å². The molecule has 0 aliphatic heterocycles. The summed E-state index contributed by atoms with van der Waals surface area (Å²) in [4.78, 5) is 17.0. The molecule has 1 heterocycles. The Labute approximate surface area is 189 Å². The lowest BCUT2D eigenvalue weighted by molar-refractivity contribution is -0.116. The molecule has 1 aliphatic rings. The molecule has 0 unspecified atom stereocenters. The number of benzene rings is 2. The summed E-state index contributed by atoms with van der Waals surface area (Å²) >= 11 is 0. The predicted molar refractivity (Wildman–Crippen MR) is 127 cm³/mol. The Morgan fingerprint density at radius 2 is 1.94 bits per heavy atom. The summed E-state index contributed by atoms with van der Waals surface area (Å²) in [5.74, 6) is 0.697. The number of aromatic nitrogens is 2. The topological polar surface area (TPSA) is 83.3 Å². The molecule has 0 bridgehead atoms. The van der Waals surface area contributed by atoms with Crippen LogP contribution in [0.2, 0.25) is 0 Å². The molecule has 1 aromatic heterocycles. The summed E-state index contributed by atoms with van der Waals surface area (Å²) in [6, 6.07) is 20.3. The molecule has 1 amide bonds. The molecule has 1 saturated carbocycles. The van der Waals surface area contributed by atoms with Crippen LogP contribution in [-0.2, 0) is 23.3 Å². The first-order valence-electron chi connectivity index (χ1n) is 11.1. The summed E-state index contributed by atoms with van der Waals surface area (Å²) in [7, 11) is 0. The zero-order valence-electron chi connectivity index (χ0n) is 18.4. The van der Waals surface area contributed by atoms with Crippen LogP contribution >= 0.6 is 0 Å². The van der Waals surface area contributed by atoms with Gasteiger partial charge in [-0.3, -0.25) is 9.48 Å². The van der Waals surface area contributed by atoms with Crippen molar-refractivity contribution in [3.05, 3.63) is 84.2 Å². The van der Waals surface area contributed by atoms with Gasteiger partial charge in [0, 0.05) is 36.6 Å². The van der Waals surface area contributed by atoms with Crippen LogP contribution in [0, 0.1) is 0 Å². The molecule has 166 valence electrons. The molecular weight excluding hydrogens is 400 g/mol. The zero-order chi connectivity index (χ0) is 22.2. The van der Waals surface area contributed by atoms with Crippen LogP contribution in [0.1, 0.15) is 30.9 Å². The van der Waals surface area contributed by atoms with Gasteiger partial charge in [-0.25, -0.2) is 4.99 Å². The Hall–Kier alpha value is -3.61. The third kappa shape index (κ3) is 5.75. The van der Waals surface area contributed by atoms with Gasteiger partial charge in [0.15, 0.2) is 5.96 Å². The molecule has 7 nitrogen and oxygen atoms in total. The van der Waals surface area contributed by atoms with Crippen molar-refractivity contribution in [2.45, 2.75) is 38.3 Å². The van der Waals surface area contributed by atoms with E-state index in [4.69, 9.17) is 4.99 Å². The summed E-state index contributed by atoms with van der Waals surface area (Å²) in [6.07, 6.45) is 5.82. The van der Waals surface area contributed by atoms with Crippen molar-refractivity contribution in [2.75, 3.05) is 18.4 Å². The number of guanidine groups is 1. The van der Waals surface area contributed by atoms with Gasteiger partial charge >= 0.3 is 0 Å². The largest absolute Gasteiger partial charge is 0.357 e. The van der Waals surface area contributed by atoms with Gasteiger partial charge in [0.2, 0.25) is 5.91 Å². The summed E-state index contributed by atoms with van der Waals surface area (Å²) in [5, 5.41) is 13.8. The number of nitrogens with zero attached hydrogens (tertiary/aromatic N) is 3. The van der Waals surface area contributed by atoms with E-state index in [-0.39, 0.29) is 17.9 Å². The molecule has 7 heteroatoms. The van der Waals surface area contributed by atoms with Crippen molar-refractivity contribution >= 4 is 17.6 Å². The maximum Gasteiger partial charge on any atom is 0.246 e. The molecule has 3 aromatic rings. The van der Waals surface area contributed by atoms with Crippen LogP contribution in [0.3, 0.4) is 0 Å². The molecule has 32 heavy (non-hydrogen) atoms. The Kier molecular flexibility index (Phi) is 6.84. The van der Waals surface area contributed by atoms with E-state index in [0.717, 1.165) is 30.3 Å². The van der Waals surface area contributed by atoms with Crippen LogP contribution in [0.5, 0.6) is 0 Å². The van der Waals surface area contributed by atoms with Gasteiger partial charge in [-0.2, -0.15) is 5.10 Å². The maximum absolute atomic E-state index is 12.2. The second-order valence-corrected chi connectivity index (χ2v) is 8.15. The lowest BCUT2D eigenvalue weighted by atomic mass is 9.96. The monoisotopic (exact) mass is 430 g/mol. The van der Waals surface area contributed by atoms with Gasteiger partial charge in [-0.1, -0.05) is 42.5 Å². The number of nitrogens with one attached hydrogen (secondary N) is 3. The molecule has 3 N–H and O–H groups in total. The molecule has 1 fully saturated rings. The fourth-order valence-corrected chi connectivity index (χ4v) is 3.76. The van der Waals surface area contributed by atoms with E-state index in [1.807, 2.05) is 24.3 Å². The highest BCUT2D eigenvalue weighted by atomic mass is 16.2. The van der Waals surface area contributed by atoms with Crippen LogP contribution in [0.25, 0.3) is 0 Å². The number of hydrogen-bond donors (Lipinski definition) is 3. The number of aliphatic imine (C=N–C) groups is 1. The fraction of sp³-hybridized carbons (Fsp3) is 0.320. The minimum Gasteiger partial charge on any atom is -0.357 e. The first kappa shape index (κ1) is 21.6. The number of anilines is 1. The molecule has 2 aromatic carbocycles. The van der Waals surface area contributed by atoms with Gasteiger partial charge in [0.05, 0.1) is 6.54 Å². The molecular formula is C25H30N6O. The van der Waals surface area contributed by atoms with E-state index in [1.54, 1.807) is 23.1 Å². The summed E-state index contributed by atoms with van der Waals surface area (Å²) in [5.41, 5.74) is 3.40. The highest BCUT2D eigenvalue weighted by Crippen LogP contribution is 2.47. The summed E-state index contributed by atoms with van der Waals surface area (Å²) < 4.78 is 1.60. The quantitative estimate of drug-likeness (QED) is 0.359. The molecule has 0 spiro atoms. The molecule has 4 rings (SSSR count). The minimum atomic E-state index is -0.111. The third-order valence-corrected chi connectivity index (χ3v) is 5.67. The lowest BCUT2D eigenvalue weighted by Gasteiger charge is -2.19. The van der Waals surface area contributed by atoms with Crippen molar-refractivity contribution in [3.8, 4) is 0 Å². The number of hydrogen-bond acceptors (Lipinski definition) is 3. The van der Waals surface area contributed by atoms with E-state index >= 15 is 0 Å². The second-order valence-electron chi connectivity index (χ2n) is 8.15. The first-order valence-corrected chi connectivity index (χ1v) is 11.1. The minimum absolute atomic E-state index is 0.111. The van der Waals surface area contributed by atoms with Crippen molar-refractivity contribution in [2.24, 2.45) is 4.99 Å². The predicted octanol–water partition coefficient (Wildman–Crippen LogP) is 3.31. The van der Waals surface area contributed by atoms with Gasteiger partial charge in [-0.05, 0) is 49.1 Å². The van der Waals surface area contributed by atoms with Crippen molar-refractivity contribution < 1.29 is 4.79 Å². The number of carbonyl (C=O) groups is 1. The fourth-order valence-electron chi connectivity index (χ4n) is 3.76. The number of carbonyl (C=O) groups excluding carboxylic acids is 1. The maximum atomic E-state index is 12.2. The van der Waals surface area contributed by atoms with E-state index in [9.17, 15) is 4.79 Å². The van der Waals surface area contributed by atoms with Crippen LogP contribution < -0.4 is 16.0 Å². The van der Waals surface area contributed by atoms with Crippen molar-refractivity contribution in [1.82, 2.24) is 20.4 Å². The SMILES string of the molecule is CCNC(=NCc1cccc(NC(=O)Cn2cccn2)c1)NCC1(c2ccccc2)CC1. The Morgan fingerprint density at radius 1 is 1.09 bits per heavy atom. The van der Waals surface area contributed by atoms with Crippen LogP contribution in [0.15, 0.2) is 78.0 Å². The normalized spacial score (nSPS) is 14.6. The molecule has 0 atom stereocenters. The van der Waals surface area contributed by atoms with Crippen molar-refractivity contribution in [3.63, 3.8) is 0 Å². The zero-order valence-corrected chi connectivity index (χ0v) is 18.4. The van der Waals surface area contributed by atoms with E-state index in [1.165, 1.54) is 18.4 Å². The smallest absolute Gasteiger partial charge is 0.246 e. The van der Waals surface area contributed by atoms with Gasteiger partial charge in [0.1, 0.15) is 6.54 Å². The molecule has 0 saturated heterocycles. The highest BCUT2D eigenvalue weighted by molar-refractivity contribution is 5.90. The number of amides is 1. The highest BCUT2D eigenvalue weighted by Gasteiger charge is 2.43. The van der Waals surface area contributed by atoms with Gasteiger partial charge in [-0.15, -0.1) is 0 Å². The van der Waals surface area contributed by atoms with E-state index < -0.39 is 0 Å². The second kappa shape index (κ2) is 10.1. The average molecular weight is 431 g/mol. The van der Waals surface area contributed by atoms with Crippen LogP contribution in [-0.4, -0.2) is 34.7 Å².